The van der Waals surface area contributed by atoms with E-state index in [1.54, 1.807) is 18.2 Å². The van der Waals surface area contributed by atoms with Crippen LogP contribution in [0, 0.1) is 6.92 Å². The molecule has 1 unspecified atom stereocenters. The minimum atomic E-state index is -0.493. The third-order valence-electron chi connectivity index (χ3n) is 3.82. The van der Waals surface area contributed by atoms with Gasteiger partial charge < -0.3 is 10.1 Å². The summed E-state index contributed by atoms with van der Waals surface area (Å²) in [6.45, 7) is 3.12. The molecule has 1 aromatic rings. The van der Waals surface area contributed by atoms with Crippen molar-refractivity contribution in [3.63, 3.8) is 0 Å². The summed E-state index contributed by atoms with van der Waals surface area (Å²) in [4.78, 5) is 25.9. The van der Waals surface area contributed by atoms with Crippen molar-refractivity contribution >= 4 is 29.1 Å². The number of carbonyl (C=O) groups excluding carboxylic acids is 2. The van der Waals surface area contributed by atoms with Gasteiger partial charge in [-0.25, -0.2) is 4.90 Å². The number of anilines is 1. The Labute approximate surface area is 133 Å². The number of halogens is 1. The summed E-state index contributed by atoms with van der Waals surface area (Å²) in [6, 6.07) is 7.20. The summed E-state index contributed by atoms with van der Waals surface area (Å²) < 4.78 is 5.50. The van der Waals surface area contributed by atoms with Gasteiger partial charge in [-0.15, -0.1) is 0 Å². The lowest BCUT2D eigenvalue weighted by atomic mass is 10.2. The number of hydrogen-bond acceptors (Lipinski definition) is 4. The van der Waals surface area contributed by atoms with E-state index in [9.17, 15) is 9.59 Å². The van der Waals surface area contributed by atoms with Gasteiger partial charge in [0.15, 0.2) is 0 Å². The summed E-state index contributed by atoms with van der Waals surface area (Å²) in [5, 5.41) is 2.91. The Morgan fingerprint density at radius 2 is 2.18 bits per heavy atom. The van der Waals surface area contributed by atoms with Crippen LogP contribution in [-0.2, 0) is 14.3 Å². The van der Waals surface area contributed by atoms with Crippen LogP contribution in [0.25, 0.3) is 0 Å². The molecule has 22 heavy (non-hydrogen) atoms. The van der Waals surface area contributed by atoms with Gasteiger partial charge in [-0.2, -0.15) is 0 Å². The molecule has 1 fully saturated rings. The van der Waals surface area contributed by atoms with E-state index < -0.39 is 11.8 Å². The molecule has 1 saturated heterocycles. The zero-order chi connectivity index (χ0) is 15.7. The van der Waals surface area contributed by atoms with Crippen molar-refractivity contribution in [2.45, 2.75) is 25.9 Å². The maximum atomic E-state index is 12.5. The molecule has 116 valence electrons. The SMILES string of the molecule is Cc1cccc(N2C(=O)C(Cl)=C(NCC3CCCO3)C2=O)c1. The summed E-state index contributed by atoms with van der Waals surface area (Å²) >= 11 is 6.06. The molecule has 2 heterocycles. The highest BCUT2D eigenvalue weighted by molar-refractivity contribution is 6.52. The van der Waals surface area contributed by atoms with Crippen LogP contribution < -0.4 is 10.2 Å². The van der Waals surface area contributed by atoms with Crippen LogP contribution in [-0.4, -0.2) is 31.1 Å². The standard InChI is InChI=1S/C16H17ClN2O3/c1-10-4-2-5-11(8-10)19-15(20)13(17)14(16(19)21)18-9-12-6-3-7-22-12/h2,4-5,8,12,18H,3,6-7,9H2,1H3. The third-order valence-corrected chi connectivity index (χ3v) is 4.17. The molecule has 2 aliphatic rings. The van der Waals surface area contributed by atoms with Crippen LogP contribution in [0.15, 0.2) is 35.0 Å². The van der Waals surface area contributed by atoms with Gasteiger partial charge in [0.2, 0.25) is 0 Å². The minimum absolute atomic E-state index is 0.0629. The Morgan fingerprint density at radius 3 is 2.86 bits per heavy atom. The fourth-order valence-electron chi connectivity index (χ4n) is 2.68. The van der Waals surface area contributed by atoms with Crippen LogP contribution in [0.3, 0.4) is 0 Å². The maximum absolute atomic E-state index is 12.5. The van der Waals surface area contributed by atoms with Gasteiger partial charge in [-0.05, 0) is 37.5 Å². The Kier molecular flexibility index (Phi) is 4.18. The number of carbonyl (C=O) groups is 2. The molecular weight excluding hydrogens is 304 g/mol. The first-order valence-corrected chi connectivity index (χ1v) is 7.66. The topological polar surface area (TPSA) is 58.6 Å². The van der Waals surface area contributed by atoms with Crippen molar-refractivity contribution < 1.29 is 14.3 Å². The van der Waals surface area contributed by atoms with E-state index in [4.69, 9.17) is 16.3 Å². The molecule has 0 spiro atoms. The van der Waals surface area contributed by atoms with Gasteiger partial charge >= 0.3 is 0 Å². The van der Waals surface area contributed by atoms with E-state index in [-0.39, 0.29) is 16.8 Å². The summed E-state index contributed by atoms with van der Waals surface area (Å²) in [5.74, 6) is -0.911. The molecule has 2 aliphatic heterocycles. The molecule has 1 aromatic carbocycles. The Hall–Kier alpha value is -1.85. The van der Waals surface area contributed by atoms with E-state index in [1.165, 1.54) is 0 Å². The second-order valence-electron chi connectivity index (χ2n) is 5.49. The molecule has 6 heteroatoms. The highest BCUT2D eigenvalue weighted by atomic mass is 35.5. The average Bonchev–Trinajstić information content (AvgIpc) is 3.07. The zero-order valence-corrected chi connectivity index (χ0v) is 13.0. The van der Waals surface area contributed by atoms with E-state index in [0.29, 0.717) is 12.2 Å². The lowest BCUT2D eigenvalue weighted by molar-refractivity contribution is -0.120. The number of nitrogens with zero attached hydrogens (tertiary/aromatic N) is 1. The Bertz CT molecular complexity index is 651. The van der Waals surface area contributed by atoms with E-state index in [0.717, 1.165) is 29.9 Å². The predicted molar refractivity (Wildman–Crippen MR) is 83.5 cm³/mol. The minimum Gasteiger partial charge on any atom is -0.377 e. The van der Waals surface area contributed by atoms with Gasteiger partial charge in [0.05, 0.1) is 11.8 Å². The highest BCUT2D eigenvalue weighted by Gasteiger charge is 2.39. The van der Waals surface area contributed by atoms with Crippen molar-refractivity contribution in [2.75, 3.05) is 18.1 Å². The summed E-state index contributed by atoms with van der Waals surface area (Å²) in [7, 11) is 0. The summed E-state index contributed by atoms with van der Waals surface area (Å²) in [5.41, 5.74) is 1.65. The monoisotopic (exact) mass is 320 g/mol. The van der Waals surface area contributed by atoms with Crippen molar-refractivity contribution in [3.8, 4) is 0 Å². The second kappa shape index (κ2) is 6.10. The van der Waals surface area contributed by atoms with Crippen molar-refractivity contribution in [1.82, 2.24) is 5.32 Å². The molecule has 5 nitrogen and oxygen atoms in total. The molecule has 1 atom stereocenters. The van der Waals surface area contributed by atoms with Crippen molar-refractivity contribution in [3.05, 3.63) is 40.6 Å². The normalized spacial score (nSPS) is 21.9. The maximum Gasteiger partial charge on any atom is 0.283 e. The van der Waals surface area contributed by atoms with E-state index in [2.05, 4.69) is 5.32 Å². The highest BCUT2D eigenvalue weighted by Crippen LogP contribution is 2.28. The zero-order valence-electron chi connectivity index (χ0n) is 12.3. The second-order valence-corrected chi connectivity index (χ2v) is 5.87. The number of rotatable bonds is 4. The lowest BCUT2D eigenvalue weighted by Crippen LogP contribution is -2.35. The Morgan fingerprint density at radius 1 is 1.36 bits per heavy atom. The quantitative estimate of drug-likeness (QED) is 0.863. The van der Waals surface area contributed by atoms with Crippen LogP contribution in [0.2, 0.25) is 0 Å². The fraction of sp³-hybridized carbons (Fsp3) is 0.375. The molecule has 0 radical (unpaired) electrons. The van der Waals surface area contributed by atoms with Gasteiger partial charge in [0, 0.05) is 13.2 Å². The summed E-state index contributed by atoms with van der Waals surface area (Å²) in [6.07, 6.45) is 2.02. The molecule has 0 aliphatic carbocycles. The number of nitrogens with one attached hydrogen (secondary N) is 1. The number of ether oxygens (including phenoxy) is 1. The first-order chi connectivity index (χ1) is 10.6. The number of amides is 2. The molecule has 3 rings (SSSR count). The number of hydrogen-bond donors (Lipinski definition) is 1. The van der Waals surface area contributed by atoms with Gasteiger partial charge in [0.25, 0.3) is 11.8 Å². The number of imide groups is 1. The van der Waals surface area contributed by atoms with Crippen molar-refractivity contribution in [1.29, 1.82) is 0 Å². The van der Waals surface area contributed by atoms with Crippen LogP contribution in [0.1, 0.15) is 18.4 Å². The van der Waals surface area contributed by atoms with Crippen LogP contribution in [0.4, 0.5) is 5.69 Å². The molecule has 0 saturated carbocycles. The largest absolute Gasteiger partial charge is 0.377 e. The smallest absolute Gasteiger partial charge is 0.283 e. The van der Waals surface area contributed by atoms with Gasteiger partial charge in [-0.3, -0.25) is 9.59 Å². The lowest BCUT2D eigenvalue weighted by Gasteiger charge is -2.16. The first-order valence-electron chi connectivity index (χ1n) is 7.28. The molecule has 0 aromatic heterocycles. The van der Waals surface area contributed by atoms with E-state index in [1.807, 2.05) is 13.0 Å². The van der Waals surface area contributed by atoms with Gasteiger partial charge in [0.1, 0.15) is 10.7 Å². The molecule has 2 amide bonds. The molecular formula is C16H17ClN2O3. The van der Waals surface area contributed by atoms with Crippen LogP contribution >= 0.6 is 11.6 Å². The Balaban J connectivity index is 1.77. The average molecular weight is 321 g/mol. The fourth-order valence-corrected chi connectivity index (χ4v) is 2.91. The van der Waals surface area contributed by atoms with Crippen LogP contribution in [0.5, 0.6) is 0 Å². The van der Waals surface area contributed by atoms with Gasteiger partial charge in [-0.1, -0.05) is 23.7 Å². The van der Waals surface area contributed by atoms with E-state index >= 15 is 0 Å². The third kappa shape index (κ3) is 2.74. The van der Waals surface area contributed by atoms with Crippen molar-refractivity contribution in [2.24, 2.45) is 0 Å². The molecule has 0 bridgehead atoms. The molecule has 1 N–H and O–H groups in total. The number of aryl methyl sites for hydroxylation is 1. The first kappa shape index (κ1) is 15.1. The number of benzene rings is 1. The predicted octanol–water partition coefficient (Wildman–Crippen LogP) is 2.09.